The average Bonchev–Trinajstić information content (AvgIpc) is 3.03. The van der Waals surface area contributed by atoms with E-state index in [-0.39, 0.29) is 0 Å². The second-order valence-electron chi connectivity index (χ2n) is 10.1. The Morgan fingerprint density at radius 1 is 0.341 bits per heavy atom. The van der Waals surface area contributed by atoms with Gasteiger partial charge in [-0.3, -0.25) is 0 Å². The molecule has 0 bridgehead atoms. The summed E-state index contributed by atoms with van der Waals surface area (Å²) in [6, 6.07) is 57.4. The molecule has 0 unspecified atom stereocenters. The maximum Gasteiger partial charge on any atom is 0.0502 e. The lowest BCUT2D eigenvalue weighted by molar-refractivity contribution is 1.28. The predicted octanol–water partition coefficient (Wildman–Crippen LogP) is 10.9. The lowest BCUT2D eigenvalue weighted by Gasteiger charge is -2.27. The molecule has 0 saturated heterocycles. The maximum atomic E-state index is 3.74. The Morgan fingerprint density at radius 3 is 1.24 bits per heavy atom. The largest absolute Gasteiger partial charge is 0.355 e. The van der Waals surface area contributed by atoms with E-state index in [1.165, 1.54) is 21.5 Å². The van der Waals surface area contributed by atoms with Crippen LogP contribution in [-0.4, -0.2) is 0 Å². The van der Waals surface area contributed by atoms with Crippen molar-refractivity contribution in [1.29, 1.82) is 0 Å². The van der Waals surface area contributed by atoms with Gasteiger partial charge >= 0.3 is 0 Å². The molecule has 0 aromatic heterocycles. The van der Waals surface area contributed by atoms with Crippen molar-refractivity contribution in [3.05, 3.63) is 164 Å². The molecule has 0 fully saturated rings. The summed E-state index contributed by atoms with van der Waals surface area (Å²) in [4.78, 5) is 2.29. The molecular formula is C38H29N3. The summed E-state index contributed by atoms with van der Waals surface area (Å²) in [5.41, 5.74) is 7.38. The van der Waals surface area contributed by atoms with E-state index in [4.69, 9.17) is 0 Å². The lowest BCUT2D eigenvalue weighted by atomic mass is 10.1. The number of rotatable bonds is 7. The first-order chi connectivity index (χ1) is 20.3. The molecule has 7 aromatic carbocycles. The standard InChI is InChI=1S/C38H29N3/c1-3-17-32(18-4-1)41(33-19-5-2-6-20-33)34-26-30(39-37-23-11-15-28-13-7-9-21-35(28)37)25-31(27-34)40-38-24-12-16-29-14-8-10-22-36(29)38/h1-27,39-40H. The minimum absolute atomic E-state index is 0.999. The third kappa shape index (κ3) is 5.09. The van der Waals surface area contributed by atoms with Crippen LogP contribution in [0.15, 0.2) is 164 Å². The number of nitrogens with zero attached hydrogens (tertiary/aromatic N) is 1. The van der Waals surface area contributed by atoms with Crippen LogP contribution in [-0.2, 0) is 0 Å². The normalized spacial score (nSPS) is 10.9. The summed E-state index contributed by atoms with van der Waals surface area (Å²) in [6.07, 6.45) is 0. The molecule has 0 spiro atoms. The third-order valence-corrected chi connectivity index (χ3v) is 7.34. The van der Waals surface area contributed by atoms with E-state index in [9.17, 15) is 0 Å². The zero-order valence-electron chi connectivity index (χ0n) is 22.5. The third-order valence-electron chi connectivity index (χ3n) is 7.34. The van der Waals surface area contributed by atoms with E-state index in [1.807, 2.05) is 0 Å². The molecule has 7 aromatic rings. The highest BCUT2D eigenvalue weighted by atomic mass is 15.1. The van der Waals surface area contributed by atoms with Gasteiger partial charge in [0.25, 0.3) is 0 Å². The number of benzene rings is 7. The lowest BCUT2D eigenvalue weighted by Crippen LogP contribution is -2.10. The summed E-state index contributed by atoms with van der Waals surface area (Å²) < 4.78 is 0. The second kappa shape index (κ2) is 10.9. The molecule has 3 nitrogen and oxygen atoms in total. The van der Waals surface area contributed by atoms with Gasteiger partial charge in [0.1, 0.15) is 0 Å². The first-order valence-electron chi connectivity index (χ1n) is 13.9. The maximum absolute atomic E-state index is 3.74. The fourth-order valence-electron chi connectivity index (χ4n) is 5.47. The zero-order valence-corrected chi connectivity index (χ0v) is 22.5. The van der Waals surface area contributed by atoms with Crippen LogP contribution in [0.2, 0.25) is 0 Å². The van der Waals surface area contributed by atoms with Gasteiger partial charge < -0.3 is 15.5 Å². The minimum atomic E-state index is 0.999. The van der Waals surface area contributed by atoms with Crippen LogP contribution in [0.5, 0.6) is 0 Å². The van der Waals surface area contributed by atoms with Gasteiger partial charge in [-0.25, -0.2) is 0 Å². The first-order valence-corrected chi connectivity index (χ1v) is 13.9. The van der Waals surface area contributed by atoms with Crippen LogP contribution in [0.4, 0.5) is 39.8 Å². The number of nitrogens with one attached hydrogen (secondary N) is 2. The Kier molecular flexibility index (Phi) is 6.52. The van der Waals surface area contributed by atoms with E-state index in [0.717, 1.165) is 39.8 Å². The molecular weight excluding hydrogens is 498 g/mol. The molecule has 196 valence electrons. The SMILES string of the molecule is c1ccc(N(c2ccccc2)c2cc(Nc3cccc4ccccc34)cc(Nc3cccc4ccccc34)c2)cc1. The Hall–Kier alpha value is -5.54. The van der Waals surface area contributed by atoms with Crippen LogP contribution in [0.25, 0.3) is 21.5 Å². The van der Waals surface area contributed by atoms with Crippen molar-refractivity contribution in [2.45, 2.75) is 0 Å². The van der Waals surface area contributed by atoms with Crippen molar-refractivity contribution in [3.63, 3.8) is 0 Å². The molecule has 3 heteroatoms. The molecule has 7 rings (SSSR count). The van der Waals surface area contributed by atoms with Crippen LogP contribution in [0, 0.1) is 0 Å². The van der Waals surface area contributed by atoms with Gasteiger partial charge in [0.2, 0.25) is 0 Å². The van der Waals surface area contributed by atoms with E-state index < -0.39 is 0 Å². The van der Waals surface area contributed by atoms with Crippen molar-refractivity contribution in [3.8, 4) is 0 Å². The van der Waals surface area contributed by atoms with Crippen molar-refractivity contribution in [2.75, 3.05) is 15.5 Å². The van der Waals surface area contributed by atoms with Gasteiger partial charge in [-0.05, 0) is 65.4 Å². The number of anilines is 7. The first kappa shape index (κ1) is 24.5. The van der Waals surface area contributed by atoms with Crippen molar-refractivity contribution in [2.24, 2.45) is 0 Å². The van der Waals surface area contributed by atoms with E-state index in [1.54, 1.807) is 0 Å². The molecule has 0 aliphatic heterocycles. The number of fused-ring (bicyclic) bond motifs is 2. The molecule has 0 atom stereocenters. The highest BCUT2D eigenvalue weighted by molar-refractivity contribution is 5.98. The quantitative estimate of drug-likeness (QED) is 0.216. The van der Waals surface area contributed by atoms with Gasteiger partial charge in [0.15, 0.2) is 0 Å². The molecule has 0 saturated carbocycles. The molecule has 0 aliphatic rings. The van der Waals surface area contributed by atoms with Crippen molar-refractivity contribution >= 4 is 61.4 Å². The summed E-state index contributed by atoms with van der Waals surface area (Å²) in [6.45, 7) is 0. The molecule has 41 heavy (non-hydrogen) atoms. The Bertz CT molecular complexity index is 1800. The second-order valence-corrected chi connectivity index (χ2v) is 10.1. The fraction of sp³-hybridized carbons (Fsp3) is 0. The highest BCUT2D eigenvalue weighted by Gasteiger charge is 2.15. The molecule has 0 amide bonds. The van der Waals surface area contributed by atoms with Crippen LogP contribution < -0.4 is 15.5 Å². The summed E-state index contributed by atoms with van der Waals surface area (Å²) in [5.74, 6) is 0. The predicted molar refractivity (Wildman–Crippen MR) is 176 cm³/mol. The number of hydrogen-bond acceptors (Lipinski definition) is 3. The van der Waals surface area contributed by atoms with Gasteiger partial charge in [-0.15, -0.1) is 0 Å². The van der Waals surface area contributed by atoms with Crippen LogP contribution >= 0.6 is 0 Å². The Morgan fingerprint density at radius 2 is 0.756 bits per heavy atom. The number of para-hydroxylation sites is 2. The fourth-order valence-corrected chi connectivity index (χ4v) is 5.47. The van der Waals surface area contributed by atoms with Gasteiger partial charge in [-0.1, -0.05) is 109 Å². The van der Waals surface area contributed by atoms with Crippen molar-refractivity contribution < 1.29 is 0 Å². The summed E-state index contributed by atoms with van der Waals surface area (Å²) >= 11 is 0. The monoisotopic (exact) mass is 527 g/mol. The van der Waals surface area contributed by atoms with Gasteiger partial charge in [0.05, 0.1) is 5.69 Å². The average molecular weight is 528 g/mol. The van der Waals surface area contributed by atoms with Gasteiger partial charge in [-0.2, -0.15) is 0 Å². The molecule has 0 heterocycles. The van der Waals surface area contributed by atoms with E-state index in [0.29, 0.717) is 0 Å². The molecule has 0 radical (unpaired) electrons. The molecule has 2 N–H and O–H groups in total. The number of hydrogen-bond donors (Lipinski definition) is 2. The Labute approximate surface area is 240 Å². The Balaban J connectivity index is 1.38. The van der Waals surface area contributed by atoms with Crippen LogP contribution in [0.3, 0.4) is 0 Å². The topological polar surface area (TPSA) is 27.3 Å². The summed E-state index contributed by atoms with van der Waals surface area (Å²) in [5, 5.41) is 12.3. The summed E-state index contributed by atoms with van der Waals surface area (Å²) in [7, 11) is 0. The smallest absolute Gasteiger partial charge is 0.0502 e. The zero-order chi connectivity index (χ0) is 27.4. The van der Waals surface area contributed by atoms with E-state index in [2.05, 4.69) is 179 Å². The van der Waals surface area contributed by atoms with Gasteiger partial charge in [0, 0.05) is 44.9 Å². The highest BCUT2D eigenvalue weighted by Crippen LogP contribution is 2.39. The van der Waals surface area contributed by atoms with E-state index >= 15 is 0 Å². The molecule has 0 aliphatic carbocycles. The van der Waals surface area contributed by atoms with Crippen LogP contribution in [0.1, 0.15) is 0 Å². The minimum Gasteiger partial charge on any atom is -0.355 e. The van der Waals surface area contributed by atoms with Crippen molar-refractivity contribution in [1.82, 2.24) is 0 Å².